The molecular formula is C20H27IN4O2S. The van der Waals surface area contributed by atoms with Gasteiger partial charge < -0.3 is 19.7 Å². The Kier molecular flexibility index (Phi) is 8.07. The molecule has 152 valence electrons. The molecule has 0 aliphatic carbocycles. The average Bonchev–Trinajstić information content (AvgIpc) is 3.42. The van der Waals surface area contributed by atoms with Gasteiger partial charge >= 0.3 is 0 Å². The number of rotatable bonds is 4. The number of halogens is 1. The van der Waals surface area contributed by atoms with Crippen molar-refractivity contribution in [2.24, 2.45) is 4.99 Å². The van der Waals surface area contributed by atoms with E-state index in [4.69, 9.17) is 14.5 Å². The van der Waals surface area contributed by atoms with Gasteiger partial charge in [0.15, 0.2) is 5.96 Å². The van der Waals surface area contributed by atoms with E-state index in [0.29, 0.717) is 13.2 Å². The first-order chi connectivity index (χ1) is 13.3. The molecule has 1 aromatic carbocycles. The van der Waals surface area contributed by atoms with E-state index in [1.165, 1.54) is 0 Å². The summed E-state index contributed by atoms with van der Waals surface area (Å²) in [5.41, 5.74) is 2.19. The Morgan fingerprint density at radius 3 is 2.82 bits per heavy atom. The second-order valence-corrected chi connectivity index (χ2v) is 7.68. The second kappa shape index (κ2) is 10.5. The fraction of sp³-hybridized carbons (Fsp3) is 0.500. The van der Waals surface area contributed by atoms with E-state index in [1.807, 2.05) is 25.2 Å². The van der Waals surface area contributed by atoms with Gasteiger partial charge in [0.05, 0.1) is 24.9 Å². The number of guanidine groups is 1. The zero-order chi connectivity index (χ0) is 18.5. The van der Waals surface area contributed by atoms with Crippen molar-refractivity contribution in [3.8, 4) is 10.6 Å². The fourth-order valence-electron chi connectivity index (χ4n) is 3.59. The normalized spacial score (nSPS) is 22.8. The van der Waals surface area contributed by atoms with E-state index >= 15 is 0 Å². The van der Waals surface area contributed by atoms with Crippen LogP contribution in [0.1, 0.15) is 18.5 Å². The minimum Gasteiger partial charge on any atom is -0.375 e. The molecule has 2 aliphatic rings. The summed E-state index contributed by atoms with van der Waals surface area (Å²) in [4.78, 5) is 11.5. The van der Waals surface area contributed by atoms with Crippen molar-refractivity contribution >= 4 is 41.3 Å². The highest BCUT2D eigenvalue weighted by atomic mass is 127. The minimum atomic E-state index is 0. The highest BCUT2D eigenvalue weighted by Gasteiger charge is 2.32. The maximum Gasteiger partial charge on any atom is 0.194 e. The lowest BCUT2D eigenvalue weighted by Crippen LogP contribution is -2.53. The van der Waals surface area contributed by atoms with Crippen molar-refractivity contribution in [3.63, 3.8) is 0 Å². The van der Waals surface area contributed by atoms with Gasteiger partial charge in [-0.15, -0.1) is 35.3 Å². The van der Waals surface area contributed by atoms with Crippen LogP contribution in [0.3, 0.4) is 0 Å². The number of aliphatic imine (C=N–C) groups is 1. The van der Waals surface area contributed by atoms with E-state index in [2.05, 4.69) is 32.7 Å². The predicted octanol–water partition coefficient (Wildman–Crippen LogP) is 3.38. The highest BCUT2D eigenvalue weighted by Crippen LogP contribution is 2.23. The van der Waals surface area contributed by atoms with Crippen molar-refractivity contribution < 1.29 is 9.47 Å². The number of aromatic nitrogens is 1. The molecule has 2 saturated heterocycles. The lowest BCUT2D eigenvalue weighted by atomic mass is 10.1. The Morgan fingerprint density at radius 2 is 2.07 bits per heavy atom. The molecule has 2 aliphatic heterocycles. The summed E-state index contributed by atoms with van der Waals surface area (Å²) >= 11 is 1.67. The molecule has 0 bridgehead atoms. The van der Waals surface area contributed by atoms with Gasteiger partial charge in [-0.3, -0.25) is 4.99 Å². The van der Waals surface area contributed by atoms with Crippen LogP contribution in [0.25, 0.3) is 10.6 Å². The summed E-state index contributed by atoms with van der Waals surface area (Å²) in [6.07, 6.45) is 2.57. The minimum absolute atomic E-state index is 0. The molecule has 6 nitrogen and oxygen atoms in total. The van der Waals surface area contributed by atoms with Crippen LogP contribution in [-0.2, 0) is 16.0 Å². The monoisotopic (exact) mass is 514 g/mol. The van der Waals surface area contributed by atoms with Gasteiger partial charge in [0, 0.05) is 37.7 Å². The Labute approximate surface area is 187 Å². The number of thiazole rings is 1. The molecule has 0 spiro atoms. The molecule has 2 unspecified atom stereocenters. The number of hydrogen-bond acceptors (Lipinski definition) is 5. The Balaban J connectivity index is 0.00000225. The summed E-state index contributed by atoms with van der Waals surface area (Å²) in [5, 5.41) is 6.61. The van der Waals surface area contributed by atoms with Crippen LogP contribution in [0.5, 0.6) is 0 Å². The van der Waals surface area contributed by atoms with Gasteiger partial charge in [0.1, 0.15) is 11.1 Å². The van der Waals surface area contributed by atoms with Crippen LogP contribution >= 0.6 is 35.3 Å². The van der Waals surface area contributed by atoms with Crippen LogP contribution in [0.4, 0.5) is 0 Å². The molecule has 28 heavy (non-hydrogen) atoms. The van der Waals surface area contributed by atoms with E-state index in [9.17, 15) is 0 Å². The molecule has 2 aromatic rings. The summed E-state index contributed by atoms with van der Waals surface area (Å²) in [7, 11) is 1.83. The van der Waals surface area contributed by atoms with Gasteiger partial charge in [-0.05, 0) is 12.8 Å². The molecule has 0 saturated carbocycles. The Hall–Kier alpha value is -1.23. The third-order valence-corrected chi connectivity index (χ3v) is 5.92. The maximum atomic E-state index is 5.94. The Morgan fingerprint density at radius 1 is 1.25 bits per heavy atom. The van der Waals surface area contributed by atoms with Crippen molar-refractivity contribution in [1.82, 2.24) is 15.2 Å². The summed E-state index contributed by atoms with van der Waals surface area (Å²) in [6, 6.07) is 10.3. The Bertz CT molecular complexity index is 765. The lowest BCUT2D eigenvalue weighted by molar-refractivity contribution is -0.0817. The average molecular weight is 514 g/mol. The number of ether oxygens (including phenoxy) is 2. The van der Waals surface area contributed by atoms with Crippen molar-refractivity contribution in [1.29, 1.82) is 0 Å². The second-order valence-electron chi connectivity index (χ2n) is 6.82. The molecule has 2 atom stereocenters. The number of benzene rings is 1. The topological polar surface area (TPSA) is 59.0 Å². The summed E-state index contributed by atoms with van der Waals surface area (Å²) in [5.74, 6) is 0.899. The van der Waals surface area contributed by atoms with E-state index in [-0.39, 0.29) is 36.2 Å². The van der Waals surface area contributed by atoms with E-state index < -0.39 is 0 Å². The molecule has 1 aromatic heterocycles. The molecule has 8 heteroatoms. The summed E-state index contributed by atoms with van der Waals surface area (Å²) < 4.78 is 11.7. The SMILES string of the molecule is CN=C(NCc1csc(-c2ccccc2)n1)N1CCOC(C2CCCO2)C1.I. The van der Waals surface area contributed by atoms with Gasteiger partial charge in [0.2, 0.25) is 0 Å². The van der Waals surface area contributed by atoms with Crippen LogP contribution in [0.2, 0.25) is 0 Å². The zero-order valence-corrected chi connectivity index (χ0v) is 19.2. The van der Waals surface area contributed by atoms with Crippen LogP contribution in [-0.4, -0.2) is 61.4 Å². The zero-order valence-electron chi connectivity index (χ0n) is 16.0. The van der Waals surface area contributed by atoms with Crippen LogP contribution in [0, 0.1) is 0 Å². The van der Waals surface area contributed by atoms with E-state index in [1.54, 1.807) is 11.3 Å². The third kappa shape index (κ3) is 5.22. The lowest BCUT2D eigenvalue weighted by Gasteiger charge is -2.37. The van der Waals surface area contributed by atoms with Crippen LogP contribution in [0.15, 0.2) is 40.7 Å². The third-order valence-electron chi connectivity index (χ3n) is 4.98. The van der Waals surface area contributed by atoms with Crippen molar-refractivity contribution in [2.75, 3.05) is 33.4 Å². The number of nitrogens with one attached hydrogen (secondary N) is 1. The number of nitrogens with zero attached hydrogens (tertiary/aromatic N) is 3. The molecule has 3 heterocycles. The van der Waals surface area contributed by atoms with Gasteiger partial charge in [-0.1, -0.05) is 30.3 Å². The van der Waals surface area contributed by atoms with Crippen molar-refractivity contribution in [2.45, 2.75) is 31.6 Å². The first-order valence-corrected chi connectivity index (χ1v) is 10.4. The fourth-order valence-corrected chi connectivity index (χ4v) is 4.42. The standard InChI is InChI=1S/C20H26N4O2S.HI/c1-21-20(24-9-11-26-18(13-24)17-8-5-10-25-17)22-12-16-14-27-19(23-16)15-6-3-2-4-7-15;/h2-4,6-7,14,17-18H,5,8-13H2,1H3,(H,21,22);1H. The quantitative estimate of drug-likeness (QED) is 0.385. The molecular weight excluding hydrogens is 487 g/mol. The van der Waals surface area contributed by atoms with Gasteiger partial charge in [0.25, 0.3) is 0 Å². The van der Waals surface area contributed by atoms with Crippen molar-refractivity contribution in [3.05, 3.63) is 41.4 Å². The number of hydrogen-bond donors (Lipinski definition) is 1. The molecule has 4 rings (SSSR count). The molecule has 0 amide bonds. The predicted molar refractivity (Wildman–Crippen MR) is 123 cm³/mol. The smallest absolute Gasteiger partial charge is 0.194 e. The number of morpholine rings is 1. The first-order valence-electron chi connectivity index (χ1n) is 9.52. The molecule has 2 fully saturated rings. The van der Waals surface area contributed by atoms with Gasteiger partial charge in [-0.25, -0.2) is 4.98 Å². The van der Waals surface area contributed by atoms with Gasteiger partial charge in [-0.2, -0.15) is 0 Å². The largest absolute Gasteiger partial charge is 0.375 e. The maximum absolute atomic E-state index is 5.94. The molecule has 1 N–H and O–H groups in total. The summed E-state index contributed by atoms with van der Waals surface area (Å²) in [6.45, 7) is 3.88. The van der Waals surface area contributed by atoms with E-state index in [0.717, 1.165) is 54.8 Å². The van der Waals surface area contributed by atoms with Crippen LogP contribution < -0.4 is 5.32 Å². The first kappa shape index (κ1) is 21.5. The highest BCUT2D eigenvalue weighted by molar-refractivity contribution is 14.0. The molecule has 0 radical (unpaired) electrons.